The molecule has 3 amide bonds. The number of nitrogens with two attached hydrogens (primary N) is 1. The van der Waals surface area contributed by atoms with Crippen LogP contribution in [-0.4, -0.2) is 59.0 Å². The molecule has 2 aromatic heterocycles. The summed E-state index contributed by atoms with van der Waals surface area (Å²) >= 11 is 1.41. The molecule has 0 bridgehead atoms. The first-order valence-corrected chi connectivity index (χ1v) is 11.3. The lowest BCUT2D eigenvalue weighted by molar-refractivity contribution is 0.102. The van der Waals surface area contributed by atoms with Gasteiger partial charge in [0, 0.05) is 42.3 Å². The molecule has 1 aromatic carbocycles. The van der Waals surface area contributed by atoms with Gasteiger partial charge in [0.2, 0.25) is 0 Å². The second-order valence-electron chi connectivity index (χ2n) is 7.76. The number of aliphatic hydroxyl groups is 1. The van der Waals surface area contributed by atoms with Gasteiger partial charge in [0.25, 0.3) is 5.91 Å². The fraction of sp³-hybridized carbons (Fsp3) is 0.261. The number of carbonyl (C=O) groups excluding carboxylic acids is 2. The number of aliphatic hydroxyl groups excluding tert-OH is 1. The molecule has 9 nitrogen and oxygen atoms in total. The van der Waals surface area contributed by atoms with Gasteiger partial charge in [0.05, 0.1) is 18.0 Å². The van der Waals surface area contributed by atoms with Crippen molar-refractivity contribution in [3.05, 3.63) is 70.2 Å². The van der Waals surface area contributed by atoms with Crippen molar-refractivity contribution in [3.8, 4) is 0 Å². The largest absolute Gasteiger partial charge is 0.396 e. The van der Waals surface area contributed by atoms with Gasteiger partial charge >= 0.3 is 6.03 Å². The van der Waals surface area contributed by atoms with E-state index in [4.69, 9.17) is 5.73 Å². The number of urea groups is 1. The third kappa shape index (κ3) is 7.01. The summed E-state index contributed by atoms with van der Waals surface area (Å²) in [6, 6.07) is 10.2. The Morgan fingerprint density at radius 1 is 1.09 bits per heavy atom. The van der Waals surface area contributed by atoms with Crippen LogP contribution in [-0.2, 0) is 13.2 Å². The number of amides is 3. The first-order valence-electron chi connectivity index (χ1n) is 10.3. The van der Waals surface area contributed by atoms with Crippen LogP contribution >= 0.6 is 11.3 Å². The second kappa shape index (κ2) is 11.4. The van der Waals surface area contributed by atoms with E-state index in [1.165, 1.54) is 11.3 Å². The van der Waals surface area contributed by atoms with Crippen molar-refractivity contribution in [3.63, 3.8) is 0 Å². The van der Waals surface area contributed by atoms with Gasteiger partial charge in [-0.3, -0.25) is 9.78 Å². The SMILES string of the molecule is CN(C)CCN(Cc1ccc(C(=O)Nc2cscc2N)nc1)C(=O)Nc1cccc(CO)c1. The number of aromatic nitrogens is 1. The lowest BCUT2D eigenvalue weighted by atomic mass is 10.2. The average Bonchev–Trinajstić information content (AvgIpc) is 3.21. The number of benzene rings is 1. The molecule has 0 radical (unpaired) electrons. The standard InChI is InChI=1S/C23H28N6O3S/c1-28(2)8-9-29(23(32)26-18-5-3-4-16(10-18)13-30)12-17-6-7-20(25-11-17)22(31)27-21-15-33-14-19(21)24/h3-7,10-11,14-15,30H,8-9,12-13,24H2,1-2H3,(H,26,32)(H,27,31). The number of nitrogens with zero attached hydrogens (tertiary/aromatic N) is 3. The molecule has 0 aliphatic heterocycles. The van der Waals surface area contributed by atoms with E-state index in [1.54, 1.807) is 58.3 Å². The van der Waals surface area contributed by atoms with E-state index >= 15 is 0 Å². The lowest BCUT2D eigenvalue weighted by Crippen LogP contribution is -2.39. The molecule has 3 rings (SSSR count). The van der Waals surface area contributed by atoms with Gasteiger partial charge < -0.3 is 31.3 Å². The summed E-state index contributed by atoms with van der Waals surface area (Å²) in [7, 11) is 3.88. The van der Waals surface area contributed by atoms with E-state index in [9.17, 15) is 14.7 Å². The highest BCUT2D eigenvalue weighted by molar-refractivity contribution is 7.09. The highest BCUT2D eigenvalue weighted by atomic mass is 32.1. The zero-order valence-corrected chi connectivity index (χ0v) is 19.4. The maximum atomic E-state index is 13.0. The van der Waals surface area contributed by atoms with Gasteiger partial charge in [-0.1, -0.05) is 18.2 Å². The van der Waals surface area contributed by atoms with Gasteiger partial charge in [0.1, 0.15) is 5.69 Å². The molecule has 3 aromatic rings. The monoisotopic (exact) mass is 468 g/mol. The molecule has 0 aliphatic carbocycles. The van der Waals surface area contributed by atoms with E-state index in [1.807, 2.05) is 19.0 Å². The summed E-state index contributed by atoms with van der Waals surface area (Å²) in [4.78, 5) is 33.3. The Kier molecular flexibility index (Phi) is 8.36. The van der Waals surface area contributed by atoms with Crippen LogP contribution in [0.15, 0.2) is 53.4 Å². The predicted molar refractivity (Wildman–Crippen MR) is 131 cm³/mol. The van der Waals surface area contributed by atoms with Crippen molar-refractivity contribution in [2.24, 2.45) is 0 Å². The molecule has 0 saturated carbocycles. The number of thiophene rings is 1. The summed E-state index contributed by atoms with van der Waals surface area (Å²) in [5.74, 6) is -0.349. The Hall–Kier alpha value is -3.47. The molecule has 0 saturated heterocycles. The van der Waals surface area contributed by atoms with Gasteiger partial charge in [0.15, 0.2) is 0 Å². The maximum absolute atomic E-state index is 13.0. The van der Waals surface area contributed by atoms with Gasteiger partial charge in [-0.25, -0.2) is 4.79 Å². The maximum Gasteiger partial charge on any atom is 0.322 e. The molecule has 0 aliphatic rings. The molecule has 0 fully saturated rings. The third-order valence-electron chi connectivity index (χ3n) is 4.84. The first kappa shape index (κ1) is 24.2. The fourth-order valence-corrected chi connectivity index (χ4v) is 3.66. The molecule has 0 atom stereocenters. The number of rotatable bonds is 9. The van der Waals surface area contributed by atoms with E-state index in [0.717, 1.165) is 11.1 Å². The zero-order valence-electron chi connectivity index (χ0n) is 18.6. The van der Waals surface area contributed by atoms with Crippen molar-refractivity contribution in [1.29, 1.82) is 0 Å². The normalized spacial score (nSPS) is 10.8. The fourth-order valence-electron chi connectivity index (χ4n) is 2.99. The van der Waals surface area contributed by atoms with Crippen molar-refractivity contribution in [2.45, 2.75) is 13.2 Å². The number of anilines is 3. The molecule has 10 heteroatoms. The summed E-state index contributed by atoms with van der Waals surface area (Å²) in [5.41, 5.74) is 9.26. The van der Waals surface area contributed by atoms with Crippen LogP contribution in [0.2, 0.25) is 0 Å². The highest BCUT2D eigenvalue weighted by Gasteiger charge is 2.16. The average molecular weight is 469 g/mol. The minimum Gasteiger partial charge on any atom is -0.396 e. The molecular formula is C23H28N6O3S. The number of nitrogen functional groups attached to an aromatic ring is 1. The number of carbonyl (C=O) groups is 2. The van der Waals surface area contributed by atoms with Crippen LogP contribution in [0.25, 0.3) is 0 Å². The molecular weight excluding hydrogens is 440 g/mol. The van der Waals surface area contributed by atoms with Crippen molar-refractivity contribution >= 4 is 40.3 Å². The Labute approximate surface area is 196 Å². The van der Waals surface area contributed by atoms with E-state index in [-0.39, 0.29) is 24.2 Å². The first-order chi connectivity index (χ1) is 15.9. The molecule has 174 valence electrons. The van der Waals surface area contributed by atoms with Crippen LogP contribution in [0.1, 0.15) is 21.6 Å². The van der Waals surface area contributed by atoms with Gasteiger partial charge in [-0.05, 0) is 43.4 Å². The molecule has 2 heterocycles. The third-order valence-corrected chi connectivity index (χ3v) is 5.60. The Morgan fingerprint density at radius 2 is 1.91 bits per heavy atom. The summed E-state index contributed by atoms with van der Waals surface area (Å²) in [6.07, 6.45) is 1.59. The number of likely N-dealkylation sites (N-methyl/N-ethyl adjacent to an activating group) is 1. The van der Waals surface area contributed by atoms with Crippen molar-refractivity contribution in [2.75, 3.05) is 43.6 Å². The number of pyridine rings is 1. The number of hydrogen-bond donors (Lipinski definition) is 4. The topological polar surface area (TPSA) is 124 Å². The summed E-state index contributed by atoms with van der Waals surface area (Å²) in [6.45, 7) is 1.41. The second-order valence-corrected chi connectivity index (χ2v) is 8.50. The minimum absolute atomic E-state index is 0.0986. The van der Waals surface area contributed by atoms with Crippen molar-refractivity contribution < 1.29 is 14.7 Å². The molecule has 33 heavy (non-hydrogen) atoms. The van der Waals surface area contributed by atoms with Crippen LogP contribution in [0, 0.1) is 0 Å². The zero-order chi connectivity index (χ0) is 23.8. The predicted octanol–water partition coefficient (Wildman–Crippen LogP) is 3.07. The van der Waals surface area contributed by atoms with Gasteiger partial charge in [-0.2, -0.15) is 0 Å². The quantitative estimate of drug-likeness (QED) is 0.383. The highest BCUT2D eigenvalue weighted by Crippen LogP contribution is 2.23. The van der Waals surface area contributed by atoms with Gasteiger partial charge in [-0.15, -0.1) is 11.3 Å². The number of hydrogen-bond acceptors (Lipinski definition) is 7. The number of nitrogens with one attached hydrogen (secondary N) is 2. The van der Waals surface area contributed by atoms with E-state index in [0.29, 0.717) is 36.7 Å². The summed E-state index contributed by atoms with van der Waals surface area (Å²) in [5, 5.41) is 18.5. The van der Waals surface area contributed by atoms with E-state index in [2.05, 4.69) is 15.6 Å². The molecule has 5 N–H and O–H groups in total. The minimum atomic E-state index is -0.349. The lowest BCUT2D eigenvalue weighted by Gasteiger charge is -2.25. The molecule has 0 spiro atoms. The van der Waals surface area contributed by atoms with Crippen LogP contribution in [0.3, 0.4) is 0 Å². The Balaban J connectivity index is 1.67. The molecule has 0 unspecified atom stereocenters. The Morgan fingerprint density at radius 3 is 2.55 bits per heavy atom. The summed E-state index contributed by atoms with van der Waals surface area (Å²) < 4.78 is 0. The van der Waals surface area contributed by atoms with Crippen LogP contribution in [0.4, 0.5) is 21.9 Å². The van der Waals surface area contributed by atoms with Crippen LogP contribution in [0.5, 0.6) is 0 Å². The van der Waals surface area contributed by atoms with Crippen LogP contribution < -0.4 is 16.4 Å². The van der Waals surface area contributed by atoms with E-state index < -0.39 is 0 Å². The Bertz CT molecular complexity index is 1080. The smallest absolute Gasteiger partial charge is 0.322 e. The van der Waals surface area contributed by atoms with Crippen molar-refractivity contribution in [1.82, 2.24) is 14.8 Å².